The zero-order valence-electron chi connectivity index (χ0n) is 17.9. The summed E-state index contributed by atoms with van der Waals surface area (Å²) in [5.74, 6) is -1.09. The number of hydrogen-bond acceptors (Lipinski definition) is 3. The Balaban J connectivity index is 1.48. The highest BCUT2D eigenvalue weighted by atomic mass is 19.1. The zero-order chi connectivity index (χ0) is 22.1. The first-order chi connectivity index (χ1) is 14.9. The summed E-state index contributed by atoms with van der Waals surface area (Å²) >= 11 is 0. The lowest BCUT2D eigenvalue weighted by atomic mass is 9.65. The fraction of sp³-hybridized carbons (Fsp3) is 0.462. The average molecular weight is 421 g/mol. The Hall–Kier alpha value is -2.71. The van der Waals surface area contributed by atoms with Gasteiger partial charge in [0.1, 0.15) is 5.82 Å². The fourth-order valence-electron chi connectivity index (χ4n) is 5.85. The van der Waals surface area contributed by atoms with E-state index >= 15 is 0 Å². The summed E-state index contributed by atoms with van der Waals surface area (Å²) in [7, 11) is 0. The number of carbonyl (C=O) groups is 1. The summed E-state index contributed by atoms with van der Waals surface area (Å²) < 4.78 is 14.4. The Labute approximate surface area is 183 Å². The number of nitriles is 1. The van der Waals surface area contributed by atoms with E-state index in [1.807, 2.05) is 37.3 Å². The number of carboxylic acids is 1. The minimum absolute atomic E-state index is 0.0321. The van der Waals surface area contributed by atoms with E-state index in [2.05, 4.69) is 11.0 Å². The molecule has 1 saturated carbocycles. The smallest absolute Gasteiger partial charge is 0.314 e. The lowest BCUT2D eigenvalue weighted by Gasteiger charge is -2.48. The van der Waals surface area contributed by atoms with Crippen molar-refractivity contribution in [3.8, 4) is 6.07 Å². The third kappa shape index (κ3) is 3.64. The Morgan fingerprint density at radius 3 is 2.32 bits per heavy atom. The maximum absolute atomic E-state index is 14.4. The Morgan fingerprint density at radius 1 is 1.10 bits per heavy atom. The van der Waals surface area contributed by atoms with Gasteiger partial charge in [0.05, 0.1) is 16.9 Å². The molecule has 162 valence electrons. The number of likely N-dealkylation sites (tertiary alicyclic amines) is 1. The van der Waals surface area contributed by atoms with Crippen LogP contribution in [0.25, 0.3) is 0 Å². The second kappa shape index (κ2) is 8.43. The molecule has 0 spiro atoms. The van der Waals surface area contributed by atoms with Gasteiger partial charge >= 0.3 is 5.97 Å². The van der Waals surface area contributed by atoms with Gasteiger partial charge in [0, 0.05) is 18.2 Å². The van der Waals surface area contributed by atoms with E-state index < -0.39 is 16.8 Å². The molecule has 1 N–H and O–H groups in total. The van der Waals surface area contributed by atoms with E-state index in [-0.39, 0.29) is 11.7 Å². The molecule has 4 rings (SSSR count). The zero-order valence-corrected chi connectivity index (χ0v) is 17.9. The number of carboxylic acid groups (broad SMARTS) is 1. The van der Waals surface area contributed by atoms with Crippen LogP contribution in [0.4, 0.5) is 4.39 Å². The summed E-state index contributed by atoms with van der Waals surface area (Å²) in [6, 6.07) is 18.9. The van der Waals surface area contributed by atoms with Crippen LogP contribution in [0.15, 0.2) is 54.6 Å². The van der Waals surface area contributed by atoms with Gasteiger partial charge < -0.3 is 10.0 Å². The van der Waals surface area contributed by atoms with Crippen LogP contribution >= 0.6 is 0 Å². The van der Waals surface area contributed by atoms with Gasteiger partial charge in [-0.05, 0) is 56.2 Å². The number of nitrogens with zero attached hydrogens (tertiary/aromatic N) is 2. The summed E-state index contributed by atoms with van der Waals surface area (Å²) in [4.78, 5) is 14.8. The quantitative estimate of drug-likeness (QED) is 0.765. The van der Waals surface area contributed by atoms with E-state index in [9.17, 15) is 19.6 Å². The van der Waals surface area contributed by atoms with Crippen molar-refractivity contribution in [2.45, 2.75) is 55.9 Å². The van der Waals surface area contributed by atoms with Crippen molar-refractivity contribution < 1.29 is 14.3 Å². The van der Waals surface area contributed by atoms with Gasteiger partial charge in [-0.15, -0.1) is 0 Å². The van der Waals surface area contributed by atoms with E-state index in [0.29, 0.717) is 37.4 Å². The molecular weight excluding hydrogens is 391 g/mol. The van der Waals surface area contributed by atoms with Crippen molar-refractivity contribution in [1.82, 2.24) is 4.90 Å². The molecule has 2 fully saturated rings. The lowest BCUT2D eigenvalue weighted by molar-refractivity contribution is -0.149. The minimum Gasteiger partial charge on any atom is -0.481 e. The molecule has 2 aliphatic rings. The molecule has 0 amide bonds. The van der Waals surface area contributed by atoms with Crippen LogP contribution in [0.2, 0.25) is 0 Å². The Bertz CT molecular complexity index is 978. The number of rotatable bonds is 4. The summed E-state index contributed by atoms with van der Waals surface area (Å²) in [5, 5.41) is 20.1. The molecule has 31 heavy (non-hydrogen) atoms. The van der Waals surface area contributed by atoms with Gasteiger partial charge in [-0.1, -0.05) is 55.5 Å². The molecule has 1 heterocycles. The first-order valence-electron chi connectivity index (χ1n) is 11.1. The number of hydrogen-bond donors (Lipinski definition) is 1. The van der Waals surface area contributed by atoms with Crippen molar-refractivity contribution in [1.29, 1.82) is 5.26 Å². The van der Waals surface area contributed by atoms with Gasteiger partial charge in [-0.3, -0.25) is 4.79 Å². The van der Waals surface area contributed by atoms with Gasteiger partial charge in [0.2, 0.25) is 0 Å². The second-order valence-corrected chi connectivity index (χ2v) is 9.19. The summed E-state index contributed by atoms with van der Waals surface area (Å²) in [6.45, 7) is 3.47. The Morgan fingerprint density at radius 2 is 1.74 bits per heavy atom. The monoisotopic (exact) mass is 420 g/mol. The van der Waals surface area contributed by atoms with Crippen LogP contribution in [-0.2, 0) is 15.6 Å². The largest absolute Gasteiger partial charge is 0.481 e. The highest BCUT2D eigenvalue weighted by molar-refractivity contribution is 5.82. The molecule has 2 aromatic carbocycles. The van der Waals surface area contributed by atoms with Crippen LogP contribution in [0.5, 0.6) is 0 Å². The number of benzene rings is 2. The maximum atomic E-state index is 14.4. The molecule has 4 nitrogen and oxygen atoms in total. The molecule has 5 heteroatoms. The molecule has 0 bridgehead atoms. The van der Waals surface area contributed by atoms with Crippen LogP contribution < -0.4 is 0 Å². The normalized spacial score (nSPS) is 31.6. The first kappa shape index (κ1) is 21.5. The SMILES string of the molecule is C[C@@H]1CN(C2CCC(C#N)(c3ccccc3F)CC2)CC[C@]1(C(=O)O)c1ccccc1. The second-order valence-electron chi connectivity index (χ2n) is 9.19. The lowest BCUT2D eigenvalue weighted by Crippen LogP contribution is -2.56. The van der Waals surface area contributed by atoms with Crippen molar-refractivity contribution in [2.75, 3.05) is 13.1 Å². The topological polar surface area (TPSA) is 64.3 Å². The molecule has 1 aliphatic heterocycles. The molecule has 0 radical (unpaired) electrons. The molecule has 2 aromatic rings. The van der Waals surface area contributed by atoms with Gasteiger partial charge in [0.15, 0.2) is 0 Å². The van der Waals surface area contributed by atoms with E-state index in [1.54, 1.807) is 18.2 Å². The van der Waals surface area contributed by atoms with Crippen LogP contribution in [-0.4, -0.2) is 35.1 Å². The summed E-state index contributed by atoms with van der Waals surface area (Å²) in [5.41, 5.74) is -0.244. The van der Waals surface area contributed by atoms with Crippen molar-refractivity contribution >= 4 is 5.97 Å². The van der Waals surface area contributed by atoms with Gasteiger partial charge in [0.25, 0.3) is 0 Å². The molecular formula is C26H29FN2O2. The molecule has 0 aromatic heterocycles. The van der Waals surface area contributed by atoms with Crippen molar-refractivity contribution in [3.63, 3.8) is 0 Å². The third-order valence-corrected chi connectivity index (χ3v) is 7.74. The summed E-state index contributed by atoms with van der Waals surface area (Å²) in [6.07, 6.45) is 3.46. The molecule has 1 saturated heterocycles. The predicted molar refractivity (Wildman–Crippen MR) is 117 cm³/mol. The number of aliphatic carboxylic acids is 1. The average Bonchev–Trinajstić information content (AvgIpc) is 2.80. The third-order valence-electron chi connectivity index (χ3n) is 7.74. The van der Waals surface area contributed by atoms with Crippen LogP contribution in [0, 0.1) is 23.1 Å². The number of piperidine rings is 1. The minimum atomic E-state index is -0.865. The maximum Gasteiger partial charge on any atom is 0.314 e. The molecule has 1 aliphatic carbocycles. The Kier molecular flexibility index (Phi) is 5.85. The highest BCUT2D eigenvalue weighted by Crippen LogP contribution is 2.45. The number of halogens is 1. The fourth-order valence-corrected chi connectivity index (χ4v) is 5.85. The predicted octanol–water partition coefficient (Wildman–Crippen LogP) is 4.89. The first-order valence-corrected chi connectivity index (χ1v) is 11.1. The van der Waals surface area contributed by atoms with Gasteiger partial charge in [-0.25, -0.2) is 4.39 Å². The van der Waals surface area contributed by atoms with E-state index in [0.717, 1.165) is 24.9 Å². The highest BCUT2D eigenvalue weighted by Gasteiger charge is 2.50. The molecule has 2 atom stereocenters. The van der Waals surface area contributed by atoms with Crippen molar-refractivity contribution in [2.24, 2.45) is 5.92 Å². The van der Waals surface area contributed by atoms with E-state index in [4.69, 9.17) is 0 Å². The van der Waals surface area contributed by atoms with Crippen molar-refractivity contribution in [3.05, 3.63) is 71.5 Å². The standard InChI is InChI=1S/C26H29FN2O2/c1-19-17-29(16-15-26(19,24(30)31)20-7-3-2-4-8-20)21-11-13-25(18-28,14-12-21)22-9-5-6-10-23(22)27/h2-10,19,21H,11-17H2,1H3,(H,30,31)/t19-,21?,25?,26-/m1/s1. The van der Waals surface area contributed by atoms with Crippen LogP contribution in [0.3, 0.4) is 0 Å². The van der Waals surface area contributed by atoms with E-state index in [1.165, 1.54) is 6.07 Å². The van der Waals surface area contributed by atoms with Gasteiger partial charge in [-0.2, -0.15) is 5.26 Å². The van der Waals surface area contributed by atoms with Crippen LogP contribution in [0.1, 0.15) is 50.2 Å². The molecule has 0 unspecified atom stereocenters.